The smallest absolute Gasteiger partial charge is 0.234 e. The Labute approximate surface area is 131 Å². The number of primary amides is 1. The van der Waals surface area contributed by atoms with Crippen LogP contribution in [0.4, 0.5) is 0 Å². The van der Waals surface area contributed by atoms with Crippen LogP contribution in [0, 0.1) is 0 Å². The minimum absolute atomic E-state index is 0.332. The number of hydrogen-bond donors (Lipinski definition) is 2. The first-order valence-corrected chi connectivity index (χ1v) is 7.43. The number of carbonyl (C=O) groups excluding carboxylic acids is 1. The van der Waals surface area contributed by atoms with Gasteiger partial charge >= 0.3 is 0 Å². The molecule has 0 heterocycles. The Kier molecular flexibility index (Phi) is 5.98. The molecule has 116 valence electrons. The summed E-state index contributed by atoms with van der Waals surface area (Å²) in [5.41, 5.74) is 7.56. The van der Waals surface area contributed by atoms with E-state index >= 15 is 0 Å². The van der Waals surface area contributed by atoms with Crippen molar-refractivity contribution in [3.8, 4) is 5.75 Å². The quantitative estimate of drug-likeness (QED) is 0.786. The van der Waals surface area contributed by atoms with Gasteiger partial charge in [-0.1, -0.05) is 42.5 Å². The van der Waals surface area contributed by atoms with Gasteiger partial charge in [-0.15, -0.1) is 0 Å². The second-order valence-electron chi connectivity index (χ2n) is 5.23. The molecule has 1 amide bonds. The zero-order valence-corrected chi connectivity index (χ0v) is 12.8. The fourth-order valence-electron chi connectivity index (χ4n) is 2.01. The van der Waals surface area contributed by atoms with Crippen LogP contribution in [0.3, 0.4) is 0 Å². The predicted molar refractivity (Wildman–Crippen MR) is 87.6 cm³/mol. The van der Waals surface area contributed by atoms with E-state index in [0.717, 1.165) is 17.7 Å². The summed E-state index contributed by atoms with van der Waals surface area (Å²) < 4.78 is 5.73. The van der Waals surface area contributed by atoms with Crippen LogP contribution in [-0.4, -0.2) is 18.6 Å². The van der Waals surface area contributed by atoms with Crippen molar-refractivity contribution in [3.05, 3.63) is 65.7 Å². The molecule has 4 heteroatoms. The van der Waals surface area contributed by atoms with E-state index < -0.39 is 0 Å². The Bertz CT molecular complexity index is 582. The molecule has 1 atom stereocenters. The molecule has 0 saturated heterocycles. The van der Waals surface area contributed by atoms with Gasteiger partial charge in [0.1, 0.15) is 5.75 Å². The highest BCUT2D eigenvalue weighted by Gasteiger charge is 2.06. The molecule has 0 saturated carbocycles. The third kappa shape index (κ3) is 5.22. The third-order valence-electron chi connectivity index (χ3n) is 3.46. The van der Waals surface area contributed by atoms with Crippen LogP contribution in [0.2, 0.25) is 0 Å². The number of hydrogen-bond acceptors (Lipinski definition) is 3. The van der Waals surface area contributed by atoms with Gasteiger partial charge in [-0.25, -0.2) is 0 Å². The zero-order chi connectivity index (χ0) is 15.8. The van der Waals surface area contributed by atoms with Gasteiger partial charge in [0.2, 0.25) is 5.91 Å². The Morgan fingerprint density at radius 2 is 1.77 bits per heavy atom. The van der Waals surface area contributed by atoms with Crippen LogP contribution in [-0.2, 0) is 17.8 Å². The van der Waals surface area contributed by atoms with Crippen molar-refractivity contribution in [2.75, 3.05) is 6.61 Å². The first-order chi connectivity index (χ1) is 10.6. The molecular formula is C18H22N2O2. The summed E-state index contributed by atoms with van der Waals surface area (Å²) in [6.45, 7) is 3.01. The largest absolute Gasteiger partial charge is 0.493 e. The fourth-order valence-corrected chi connectivity index (χ4v) is 2.01. The molecule has 0 bridgehead atoms. The highest BCUT2D eigenvalue weighted by molar-refractivity contribution is 5.79. The summed E-state index contributed by atoms with van der Waals surface area (Å²) in [4.78, 5) is 10.9. The van der Waals surface area contributed by atoms with Crippen LogP contribution in [0.25, 0.3) is 0 Å². The van der Waals surface area contributed by atoms with Crippen LogP contribution in [0.1, 0.15) is 18.1 Å². The lowest BCUT2D eigenvalue weighted by Crippen LogP contribution is -2.38. The van der Waals surface area contributed by atoms with Crippen LogP contribution in [0.5, 0.6) is 5.75 Å². The van der Waals surface area contributed by atoms with Crippen LogP contribution < -0.4 is 15.8 Å². The molecule has 2 rings (SSSR count). The molecule has 0 aromatic heterocycles. The highest BCUT2D eigenvalue weighted by Crippen LogP contribution is 2.13. The minimum atomic E-state index is -0.346. The Hall–Kier alpha value is -2.33. The van der Waals surface area contributed by atoms with Gasteiger partial charge in [0.15, 0.2) is 0 Å². The molecule has 0 spiro atoms. The lowest BCUT2D eigenvalue weighted by Gasteiger charge is -2.11. The maximum Gasteiger partial charge on any atom is 0.234 e. The maximum absolute atomic E-state index is 10.9. The molecule has 2 aromatic carbocycles. The summed E-state index contributed by atoms with van der Waals surface area (Å²) in [6, 6.07) is 17.8. The Morgan fingerprint density at radius 3 is 2.41 bits per heavy atom. The van der Waals surface area contributed by atoms with Gasteiger partial charge in [-0.05, 0) is 30.2 Å². The molecule has 0 aliphatic heterocycles. The molecular weight excluding hydrogens is 276 g/mol. The van der Waals surface area contributed by atoms with Gasteiger partial charge in [-0.2, -0.15) is 0 Å². The van der Waals surface area contributed by atoms with Crippen LogP contribution in [0.15, 0.2) is 54.6 Å². The SMILES string of the molecule is C[C@H](NCc1ccc(OCCc2ccccc2)cc1)C(N)=O. The van der Waals surface area contributed by atoms with Crippen molar-refractivity contribution >= 4 is 5.91 Å². The zero-order valence-electron chi connectivity index (χ0n) is 12.8. The fraction of sp³-hybridized carbons (Fsp3) is 0.278. The summed E-state index contributed by atoms with van der Waals surface area (Å²) in [5.74, 6) is 0.503. The molecule has 0 aliphatic carbocycles. The number of nitrogens with two attached hydrogens (primary N) is 1. The van der Waals surface area contributed by atoms with E-state index in [1.807, 2.05) is 42.5 Å². The van der Waals surface area contributed by atoms with E-state index in [9.17, 15) is 4.79 Å². The van der Waals surface area contributed by atoms with E-state index in [0.29, 0.717) is 13.2 Å². The molecule has 22 heavy (non-hydrogen) atoms. The number of ether oxygens (including phenoxy) is 1. The summed E-state index contributed by atoms with van der Waals surface area (Å²) >= 11 is 0. The van der Waals surface area contributed by atoms with Crippen molar-refractivity contribution in [1.29, 1.82) is 0 Å². The standard InChI is InChI=1S/C18H22N2O2/c1-14(18(19)21)20-13-16-7-9-17(10-8-16)22-12-11-15-5-3-2-4-6-15/h2-10,14,20H,11-13H2,1H3,(H2,19,21)/t14-/m0/s1. The van der Waals surface area contributed by atoms with Gasteiger partial charge in [0.25, 0.3) is 0 Å². The monoisotopic (exact) mass is 298 g/mol. The minimum Gasteiger partial charge on any atom is -0.493 e. The van der Waals surface area contributed by atoms with Crippen molar-refractivity contribution < 1.29 is 9.53 Å². The number of amides is 1. The Balaban J connectivity index is 1.76. The van der Waals surface area contributed by atoms with Gasteiger partial charge in [0.05, 0.1) is 12.6 Å². The van der Waals surface area contributed by atoms with Crippen molar-refractivity contribution in [3.63, 3.8) is 0 Å². The molecule has 3 N–H and O–H groups in total. The molecule has 4 nitrogen and oxygen atoms in total. The van der Waals surface area contributed by atoms with Crippen molar-refractivity contribution in [2.24, 2.45) is 5.73 Å². The predicted octanol–water partition coefficient (Wildman–Crippen LogP) is 2.27. The molecule has 0 aliphatic rings. The average Bonchev–Trinajstić information content (AvgIpc) is 2.54. The summed E-state index contributed by atoms with van der Waals surface area (Å²) in [7, 11) is 0. The number of rotatable bonds is 8. The molecule has 0 radical (unpaired) electrons. The van der Waals surface area contributed by atoms with E-state index in [1.54, 1.807) is 6.92 Å². The first-order valence-electron chi connectivity index (χ1n) is 7.43. The summed E-state index contributed by atoms with van der Waals surface area (Å²) in [5, 5.41) is 3.07. The molecule has 2 aromatic rings. The van der Waals surface area contributed by atoms with Crippen LogP contribution >= 0.6 is 0 Å². The molecule has 0 fully saturated rings. The Morgan fingerprint density at radius 1 is 1.09 bits per heavy atom. The lowest BCUT2D eigenvalue weighted by molar-refractivity contribution is -0.119. The first kappa shape index (κ1) is 16.0. The number of benzene rings is 2. The van der Waals surface area contributed by atoms with Gasteiger partial charge in [0, 0.05) is 13.0 Å². The van der Waals surface area contributed by atoms with E-state index in [4.69, 9.17) is 10.5 Å². The topological polar surface area (TPSA) is 64.3 Å². The van der Waals surface area contributed by atoms with Crippen molar-refractivity contribution in [1.82, 2.24) is 5.32 Å². The van der Waals surface area contributed by atoms with E-state index in [1.165, 1.54) is 5.56 Å². The lowest BCUT2D eigenvalue weighted by atomic mass is 10.2. The molecule has 0 unspecified atom stereocenters. The average molecular weight is 298 g/mol. The maximum atomic E-state index is 10.9. The second-order valence-corrected chi connectivity index (χ2v) is 5.23. The summed E-state index contributed by atoms with van der Waals surface area (Å²) in [6.07, 6.45) is 0.889. The number of nitrogens with one attached hydrogen (secondary N) is 1. The van der Waals surface area contributed by atoms with Crippen molar-refractivity contribution in [2.45, 2.75) is 25.9 Å². The van der Waals surface area contributed by atoms with Gasteiger partial charge in [-0.3, -0.25) is 4.79 Å². The second kappa shape index (κ2) is 8.20. The van der Waals surface area contributed by atoms with E-state index in [2.05, 4.69) is 17.4 Å². The third-order valence-corrected chi connectivity index (χ3v) is 3.46. The normalized spacial score (nSPS) is 11.9. The highest BCUT2D eigenvalue weighted by atomic mass is 16.5. The van der Waals surface area contributed by atoms with E-state index in [-0.39, 0.29) is 11.9 Å². The van der Waals surface area contributed by atoms with Gasteiger partial charge < -0.3 is 15.8 Å². The number of carbonyl (C=O) groups is 1.